The van der Waals surface area contributed by atoms with Gasteiger partial charge in [0, 0.05) is 42.7 Å². The number of thioether (sulfide) groups is 1. The summed E-state index contributed by atoms with van der Waals surface area (Å²) >= 11 is 2.13. The zero-order valence-corrected chi connectivity index (χ0v) is 8.85. The second-order valence-corrected chi connectivity index (χ2v) is 5.63. The van der Waals surface area contributed by atoms with Crippen molar-refractivity contribution in [2.45, 2.75) is 37.4 Å². The Morgan fingerprint density at radius 1 is 1.31 bits per heavy atom. The van der Waals surface area contributed by atoms with Gasteiger partial charge in [-0.15, -0.1) is 0 Å². The molecular formula is C10H18N2S. The van der Waals surface area contributed by atoms with Gasteiger partial charge >= 0.3 is 0 Å². The molecule has 3 unspecified atom stereocenters. The maximum Gasteiger partial charge on any atom is 0.0315 e. The number of hydrogen-bond acceptors (Lipinski definition) is 3. The predicted octanol–water partition coefficient (Wildman–Crippen LogP) is 0.928. The van der Waals surface area contributed by atoms with Gasteiger partial charge in [-0.05, 0) is 12.8 Å². The molecule has 2 aliphatic heterocycles. The summed E-state index contributed by atoms with van der Waals surface area (Å²) in [5.74, 6) is 2.72. The molecule has 2 saturated heterocycles. The van der Waals surface area contributed by atoms with E-state index in [1.165, 1.54) is 43.9 Å². The van der Waals surface area contributed by atoms with Crippen molar-refractivity contribution in [3.05, 3.63) is 0 Å². The van der Waals surface area contributed by atoms with E-state index in [-0.39, 0.29) is 0 Å². The molecule has 2 nitrogen and oxygen atoms in total. The van der Waals surface area contributed by atoms with Crippen LogP contribution in [0.2, 0.25) is 0 Å². The van der Waals surface area contributed by atoms with Crippen LogP contribution in [0.1, 0.15) is 19.3 Å². The smallest absolute Gasteiger partial charge is 0.0315 e. The maximum atomic E-state index is 3.73. The highest BCUT2D eigenvalue weighted by molar-refractivity contribution is 7.99. The SMILES string of the molecule is C1CC2NCC3CSCCN3C2C1. The Bertz CT molecular complexity index is 197. The average Bonchev–Trinajstić information content (AvgIpc) is 2.65. The van der Waals surface area contributed by atoms with E-state index in [1.807, 2.05) is 0 Å². The minimum atomic E-state index is 0.833. The first-order valence-corrected chi connectivity index (χ1v) is 6.67. The lowest BCUT2D eigenvalue weighted by molar-refractivity contribution is 0.0922. The lowest BCUT2D eigenvalue weighted by Crippen LogP contribution is -2.63. The summed E-state index contributed by atoms with van der Waals surface area (Å²) in [6, 6.07) is 2.57. The molecule has 1 N–H and O–H groups in total. The van der Waals surface area contributed by atoms with Gasteiger partial charge in [0.15, 0.2) is 0 Å². The molecule has 3 rings (SSSR count). The Morgan fingerprint density at radius 3 is 3.31 bits per heavy atom. The molecule has 3 heteroatoms. The highest BCUT2D eigenvalue weighted by Crippen LogP contribution is 2.31. The van der Waals surface area contributed by atoms with Crippen LogP contribution in [-0.4, -0.2) is 47.6 Å². The largest absolute Gasteiger partial charge is 0.311 e. The Labute approximate surface area is 84.4 Å². The fourth-order valence-corrected chi connectivity index (χ4v) is 4.23. The molecular weight excluding hydrogens is 180 g/mol. The summed E-state index contributed by atoms with van der Waals surface area (Å²) in [5.41, 5.74) is 0. The van der Waals surface area contributed by atoms with Gasteiger partial charge < -0.3 is 5.32 Å². The van der Waals surface area contributed by atoms with Crippen LogP contribution in [0, 0.1) is 0 Å². The second-order valence-electron chi connectivity index (χ2n) is 4.48. The van der Waals surface area contributed by atoms with Crippen LogP contribution in [0.15, 0.2) is 0 Å². The van der Waals surface area contributed by atoms with Crippen molar-refractivity contribution in [3.8, 4) is 0 Å². The number of nitrogens with one attached hydrogen (secondary N) is 1. The topological polar surface area (TPSA) is 15.3 Å². The third-order valence-corrected chi connectivity index (χ3v) is 4.89. The molecule has 0 bridgehead atoms. The number of hydrogen-bond donors (Lipinski definition) is 1. The first-order valence-electron chi connectivity index (χ1n) is 5.52. The predicted molar refractivity (Wildman–Crippen MR) is 57.2 cm³/mol. The molecule has 2 heterocycles. The summed E-state index contributed by atoms with van der Waals surface area (Å²) in [5, 5.41) is 3.73. The monoisotopic (exact) mass is 198 g/mol. The standard InChI is InChI=1S/C10H18N2S/c1-2-9-10(3-1)12-4-5-13-7-8(12)6-11-9/h8-11H,1-7H2. The van der Waals surface area contributed by atoms with E-state index < -0.39 is 0 Å². The normalized spacial score (nSPS) is 45.7. The molecule has 0 spiro atoms. The van der Waals surface area contributed by atoms with E-state index in [2.05, 4.69) is 22.0 Å². The van der Waals surface area contributed by atoms with E-state index in [1.54, 1.807) is 0 Å². The number of fused-ring (bicyclic) bond motifs is 3. The summed E-state index contributed by atoms with van der Waals surface area (Å²) in [6.07, 6.45) is 4.30. The van der Waals surface area contributed by atoms with E-state index >= 15 is 0 Å². The molecule has 3 atom stereocenters. The molecule has 1 aliphatic carbocycles. The van der Waals surface area contributed by atoms with Gasteiger partial charge in [0.05, 0.1) is 0 Å². The van der Waals surface area contributed by atoms with Crippen LogP contribution in [-0.2, 0) is 0 Å². The lowest BCUT2D eigenvalue weighted by atomic mass is 10.0. The number of nitrogens with zero attached hydrogens (tertiary/aromatic N) is 1. The van der Waals surface area contributed by atoms with Crippen LogP contribution in [0.4, 0.5) is 0 Å². The van der Waals surface area contributed by atoms with Gasteiger partial charge in [0.1, 0.15) is 0 Å². The fraction of sp³-hybridized carbons (Fsp3) is 1.00. The van der Waals surface area contributed by atoms with Gasteiger partial charge in [-0.2, -0.15) is 11.8 Å². The van der Waals surface area contributed by atoms with Crippen LogP contribution in [0.3, 0.4) is 0 Å². The first-order chi connectivity index (χ1) is 6.45. The van der Waals surface area contributed by atoms with Crippen molar-refractivity contribution < 1.29 is 0 Å². The average molecular weight is 198 g/mol. The third kappa shape index (κ3) is 1.41. The van der Waals surface area contributed by atoms with Crippen molar-refractivity contribution in [1.82, 2.24) is 10.2 Å². The van der Waals surface area contributed by atoms with Crippen molar-refractivity contribution >= 4 is 11.8 Å². The molecule has 0 aromatic heterocycles. The van der Waals surface area contributed by atoms with Crippen molar-refractivity contribution in [1.29, 1.82) is 0 Å². The zero-order valence-electron chi connectivity index (χ0n) is 8.04. The van der Waals surface area contributed by atoms with Gasteiger partial charge in [-0.25, -0.2) is 0 Å². The van der Waals surface area contributed by atoms with Crippen LogP contribution in [0.5, 0.6) is 0 Å². The highest BCUT2D eigenvalue weighted by Gasteiger charge is 2.40. The van der Waals surface area contributed by atoms with Gasteiger partial charge in [-0.1, -0.05) is 6.42 Å². The van der Waals surface area contributed by atoms with Crippen LogP contribution in [0.25, 0.3) is 0 Å². The molecule has 3 fully saturated rings. The summed E-state index contributed by atoms with van der Waals surface area (Å²) in [4.78, 5) is 2.80. The third-order valence-electron chi connectivity index (χ3n) is 3.79. The van der Waals surface area contributed by atoms with E-state index in [4.69, 9.17) is 0 Å². The molecule has 0 aromatic carbocycles. The van der Waals surface area contributed by atoms with Crippen LogP contribution >= 0.6 is 11.8 Å². The zero-order chi connectivity index (χ0) is 8.67. The van der Waals surface area contributed by atoms with E-state index in [9.17, 15) is 0 Å². The number of rotatable bonds is 0. The lowest BCUT2D eigenvalue weighted by Gasteiger charge is -2.46. The quantitative estimate of drug-likeness (QED) is 0.623. The Morgan fingerprint density at radius 2 is 2.31 bits per heavy atom. The molecule has 0 amide bonds. The first kappa shape index (κ1) is 8.57. The Hall–Kier alpha value is 0.270. The van der Waals surface area contributed by atoms with Gasteiger partial charge in [-0.3, -0.25) is 4.90 Å². The summed E-state index contributed by atoms with van der Waals surface area (Å²) in [6.45, 7) is 2.59. The van der Waals surface area contributed by atoms with Crippen LogP contribution < -0.4 is 5.32 Å². The van der Waals surface area contributed by atoms with Gasteiger partial charge in [0.2, 0.25) is 0 Å². The number of piperazine rings is 1. The van der Waals surface area contributed by atoms with E-state index in [0.29, 0.717) is 0 Å². The minimum Gasteiger partial charge on any atom is -0.311 e. The molecule has 3 aliphatic rings. The second kappa shape index (κ2) is 3.44. The molecule has 1 saturated carbocycles. The van der Waals surface area contributed by atoms with Crippen molar-refractivity contribution in [3.63, 3.8) is 0 Å². The molecule has 13 heavy (non-hydrogen) atoms. The molecule has 74 valence electrons. The van der Waals surface area contributed by atoms with Gasteiger partial charge in [0.25, 0.3) is 0 Å². The highest BCUT2D eigenvalue weighted by atomic mass is 32.2. The molecule has 0 aromatic rings. The minimum absolute atomic E-state index is 0.833. The summed E-state index contributed by atoms with van der Waals surface area (Å²) in [7, 11) is 0. The Balaban J connectivity index is 1.77. The maximum absolute atomic E-state index is 3.73. The fourth-order valence-electron chi connectivity index (χ4n) is 3.14. The summed E-state index contributed by atoms with van der Waals surface area (Å²) < 4.78 is 0. The molecule has 0 radical (unpaired) electrons. The Kier molecular flexibility index (Phi) is 2.27. The van der Waals surface area contributed by atoms with E-state index in [0.717, 1.165) is 18.1 Å². The van der Waals surface area contributed by atoms with Crippen molar-refractivity contribution in [2.24, 2.45) is 0 Å². The van der Waals surface area contributed by atoms with Crippen molar-refractivity contribution in [2.75, 3.05) is 24.6 Å².